The predicted molar refractivity (Wildman–Crippen MR) is 96.3 cm³/mol. The fourth-order valence-corrected chi connectivity index (χ4v) is 3.37. The van der Waals surface area contributed by atoms with E-state index < -0.39 is 0 Å². The van der Waals surface area contributed by atoms with E-state index in [1.807, 2.05) is 28.8 Å². The maximum absolute atomic E-state index is 12.1. The number of imidazole rings is 1. The number of halogens is 1. The highest BCUT2D eigenvalue weighted by atomic mass is 35.5. The van der Waals surface area contributed by atoms with Crippen molar-refractivity contribution in [2.75, 3.05) is 5.32 Å². The van der Waals surface area contributed by atoms with E-state index in [2.05, 4.69) is 34.3 Å². The first-order chi connectivity index (χ1) is 11.5. The lowest BCUT2D eigenvalue weighted by Crippen LogP contribution is -2.07. The zero-order valence-electron chi connectivity index (χ0n) is 13.2. The number of nitrogens with zero attached hydrogens (tertiary/aromatic N) is 4. The zero-order chi connectivity index (χ0) is 17.1. The normalized spacial score (nSPS) is 11.7. The number of pyridine rings is 1. The van der Waals surface area contributed by atoms with Crippen LogP contribution >= 0.6 is 22.9 Å². The summed E-state index contributed by atoms with van der Waals surface area (Å²) in [5.41, 5.74) is 1.38. The molecule has 8 heteroatoms. The smallest absolute Gasteiger partial charge is 0.250 e. The predicted octanol–water partition coefficient (Wildman–Crippen LogP) is 3.69. The Morgan fingerprint density at radius 3 is 3.04 bits per heavy atom. The SMILES string of the molecule is CC(C)Cc1nnc(NC(=O)C=Cc2c(Cl)nc3ccccn23)s1. The molecule has 0 unspecified atom stereocenters. The van der Waals surface area contributed by atoms with Gasteiger partial charge in [0, 0.05) is 18.7 Å². The second-order valence-corrected chi connectivity index (χ2v) is 7.06. The van der Waals surface area contributed by atoms with Crippen molar-refractivity contribution in [1.29, 1.82) is 0 Å². The van der Waals surface area contributed by atoms with Crippen LogP contribution < -0.4 is 5.32 Å². The molecule has 0 saturated carbocycles. The van der Waals surface area contributed by atoms with Gasteiger partial charge in [-0.3, -0.25) is 14.5 Å². The number of nitrogens with one attached hydrogen (secondary N) is 1. The first kappa shape index (κ1) is 16.6. The van der Waals surface area contributed by atoms with Gasteiger partial charge in [-0.1, -0.05) is 42.9 Å². The van der Waals surface area contributed by atoms with Gasteiger partial charge in [0.25, 0.3) is 0 Å². The minimum absolute atomic E-state index is 0.288. The molecule has 3 aromatic heterocycles. The topological polar surface area (TPSA) is 72.2 Å². The number of hydrogen-bond acceptors (Lipinski definition) is 5. The van der Waals surface area contributed by atoms with Crippen LogP contribution in [0.25, 0.3) is 11.7 Å². The molecule has 24 heavy (non-hydrogen) atoms. The Bertz CT molecular complexity index is 899. The molecular weight excluding hydrogens is 346 g/mol. The van der Waals surface area contributed by atoms with E-state index in [0.717, 1.165) is 17.1 Å². The number of aromatic nitrogens is 4. The van der Waals surface area contributed by atoms with E-state index in [9.17, 15) is 4.79 Å². The molecule has 0 fully saturated rings. The van der Waals surface area contributed by atoms with Crippen molar-refractivity contribution in [2.45, 2.75) is 20.3 Å². The van der Waals surface area contributed by atoms with Crippen molar-refractivity contribution in [3.8, 4) is 0 Å². The first-order valence-corrected chi connectivity index (χ1v) is 8.66. The van der Waals surface area contributed by atoms with Crippen molar-refractivity contribution in [1.82, 2.24) is 19.6 Å². The number of anilines is 1. The van der Waals surface area contributed by atoms with Crippen LogP contribution in [0.3, 0.4) is 0 Å². The van der Waals surface area contributed by atoms with Crippen molar-refractivity contribution in [2.24, 2.45) is 5.92 Å². The Morgan fingerprint density at radius 1 is 1.42 bits per heavy atom. The maximum Gasteiger partial charge on any atom is 0.250 e. The van der Waals surface area contributed by atoms with Gasteiger partial charge < -0.3 is 0 Å². The summed E-state index contributed by atoms with van der Waals surface area (Å²) in [4.78, 5) is 16.3. The molecule has 0 aliphatic carbocycles. The molecule has 0 aromatic carbocycles. The Kier molecular flexibility index (Phi) is 4.92. The van der Waals surface area contributed by atoms with Gasteiger partial charge in [-0.2, -0.15) is 0 Å². The van der Waals surface area contributed by atoms with Crippen LogP contribution in [0.1, 0.15) is 24.5 Å². The summed E-state index contributed by atoms with van der Waals surface area (Å²) in [6.07, 6.45) is 5.73. The lowest BCUT2D eigenvalue weighted by molar-refractivity contribution is -0.111. The molecule has 0 atom stereocenters. The zero-order valence-corrected chi connectivity index (χ0v) is 14.8. The van der Waals surface area contributed by atoms with Gasteiger partial charge in [0.1, 0.15) is 10.7 Å². The van der Waals surface area contributed by atoms with Gasteiger partial charge in [-0.05, 0) is 24.1 Å². The summed E-state index contributed by atoms with van der Waals surface area (Å²) in [5, 5.41) is 12.5. The summed E-state index contributed by atoms with van der Waals surface area (Å²) in [6.45, 7) is 4.23. The quantitative estimate of drug-likeness (QED) is 0.703. The number of carbonyl (C=O) groups excluding carboxylic acids is 1. The van der Waals surface area contributed by atoms with Crippen molar-refractivity contribution in [3.63, 3.8) is 0 Å². The fourth-order valence-electron chi connectivity index (χ4n) is 2.17. The van der Waals surface area contributed by atoms with Crippen LogP contribution in [0.4, 0.5) is 5.13 Å². The fraction of sp³-hybridized carbons (Fsp3) is 0.250. The molecule has 0 spiro atoms. The second-order valence-electron chi connectivity index (χ2n) is 5.64. The third kappa shape index (κ3) is 3.80. The van der Waals surface area contributed by atoms with E-state index in [1.165, 1.54) is 17.4 Å². The summed E-state index contributed by atoms with van der Waals surface area (Å²) >= 11 is 7.51. The number of carbonyl (C=O) groups is 1. The molecule has 0 saturated heterocycles. The van der Waals surface area contributed by atoms with Gasteiger partial charge in [-0.15, -0.1) is 10.2 Å². The summed E-state index contributed by atoms with van der Waals surface area (Å²) in [5.74, 6) is 0.211. The molecule has 1 amide bonds. The number of amides is 1. The molecule has 0 radical (unpaired) electrons. The first-order valence-electron chi connectivity index (χ1n) is 7.47. The number of rotatable bonds is 5. The molecule has 0 bridgehead atoms. The van der Waals surface area contributed by atoms with Gasteiger partial charge >= 0.3 is 0 Å². The lowest BCUT2D eigenvalue weighted by atomic mass is 10.1. The number of hydrogen-bond donors (Lipinski definition) is 1. The van der Waals surface area contributed by atoms with Crippen LogP contribution in [0.5, 0.6) is 0 Å². The summed E-state index contributed by atoms with van der Waals surface area (Å²) in [7, 11) is 0. The highest BCUT2D eigenvalue weighted by molar-refractivity contribution is 7.15. The Labute approximate surface area is 148 Å². The number of fused-ring (bicyclic) bond motifs is 1. The molecule has 0 aliphatic rings. The monoisotopic (exact) mass is 361 g/mol. The van der Waals surface area contributed by atoms with Crippen LogP contribution in [-0.2, 0) is 11.2 Å². The van der Waals surface area contributed by atoms with Gasteiger partial charge in [-0.25, -0.2) is 4.98 Å². The second kappa shape index (κ2) is 7.11. The third-order valence-electron chi connectivity index (χ3n) is 3.19. The van der Waals surface area contributed by atoms with Gasteiger partial charge in [0.2, 0.25) is 11.0 Å². The standard InChI is InChI=1S/C16H16ClN5OS/c1-10(2)9-14-20-21-16(24-14)19-13(23)7-6-11-15(17)18-12-5-3-4-8-22(11)12/h3-8,10H,9H2,1-2H3,(H,19,21,23). The van der Waals surface area contributed by atoms with Crippen LogP contribution in [-0.4, -0.2) is 25.5 Å². The van der Waals surface area contributed by atoms with Crippen LogP contribution in [0, 0.1) is 5.92 Å². The van der Waals surface area contributed by atoms with Crippen LogP contribution in [0.2, 0.25) is 5.15 Å². The minimum atomic E-state index is -0.288. The van der Waals surface area contributed by atoms with Crippen LogP contribution in [0.15, 0.2) is 30.5 Å². The van der Waals surface area contributed by atoms with Crippen molar-refractivity contribution < 1.29 is 4.79 Å². The minimum Gasteiger partial charge on any atom is -0.299 e. The van der Waals surface area contributed by atoms with E-state index in [1.54, 1.807) is 6.08 Å². The van der Waals surface area contributed by atoms with Gasteiger partial charge in [0.05, 0.1) is 5.69 Å². The van der Waals surface area contributed by atoms with Crippen molar-refractivity contribution in [3.05, 3.63) is 46.3 Å². The molecule has 3 aromatic rings. The maximum atomic E-state index is 12.1. The van der Waals surface area contributed by atoms with E-state index in [4.69, 9.17) is 11.6 Å². The molecule has 3 rings (SSSR count). The largest absolute Gasteiger partial charge is 0.299 e. The molecule has 6 nitrogen and oxygen atoms in total. The van der Waals surface area contributed by atoms with Crippen molar-refractivity contribution >= 4 is 45.7 Å². The van der Waals surface area contributed by atoms with E-state index in [-0.39, 0.29) is 5.91 Å². The molecular formula is C16H16ClN5OS. The lowest BCUT2D eigenvalue weighted by Gasteiger charge is -1.98. The Hall–Kier alpha value is -2.25. The molecule has 0 aliphatic heterocycles. The van der Waals surface area contributed by atoms with Gasteiger partial charge in [0.15, 0.2) is 5.15 Å². The Morgan fingerprint density at radius 2 is 2.25 bits per heavy atom. The third-order valence-corrected chi connectivity index (χ3v) is 4.33. The van der Waals surface area contributed by atoms with E-state index >= 15 is 0 Å². The highest BCUT2D eigenvalue weighted by Gasteiger charge is 2.09. The average Bonchev–Trinajstić information content (AvgIpc) is 3.08. The summed E-state index contributed by atoms with van der Waals surface area (Å²) in [6, 6.07) is 5.60. The molecule has 3 heterocycles. The molecule has 1 N–H and O–H groups in total. The average molecular weight is 362 g/mol. The van der Waals surface area contributed by atoms with E-state index in [0.29, 0.717) is 21.9 Å². The molecule has 124 valence electrons. The summed E-state index contributed by atoms with van der Waals surface area (Å²) < 4.78 is 1.82. The highest BCUT2D eigenvalue weighted by Crippen LogP contribution is 2.20. The Balaban J connectivity index is 1.71.